The lowest BCUT2D eigenvalue weighted by atomic mass is 9.93. The standard InChI is InChI=1S/C21H27N3O2/c1-16-19(14-22-20(23-16)18-10-4-3-5-11-18)21(25)24-12-6-8-17(15-24)9-7-13-26-2/h3-5,10-11,14,17H,6-9,12-13,15H2,1-2H3/t17-/m1/s1. The largest absolute Gasteiger partial charge is 0.385 e. The Hall–Kier alpha value is -2.27. The molecule has 2 heterocycles. The van der Waals surface area contributed by atoms with Crippen LogP contribution in [0.1, 0.15) is 41.7 Å². The van der Waals surface area contributed by atoms with E-state index in [0.29, 0.717) is 17.3 Å². The molecule has 1 aliphatic rings. The Bertz CT molecular complexity index is 733. The molecule has 1 aliphatic heterocycles. The first-order valence-electron chi connectivity index (χ1n) is 9.36. The molecule has 1 saturated heterocycles. The first-order valence-corrected chi connectivity index (χ1v) is 9.36. The van der Waals surface area contributed by atoms with Crippen molar-refractivity contribution in [3.63, 3.8) is 0 Å². The maximum atomic E-state index is 13.0. The molecule has 5 nitrogen and oxygen atoms in total. The van der Waals surface area contributed by atoms with Crippen molar-refractivity contribution >= 4 is 5.91 Å². The molecule has 1 atom stereocenters. The number of ether oxygens (including phenoxy) is 1. The van der Waals surface area contributed by atoms with Gasteiger partial charge in [0.2, 0.25) is 0 Å². The summed E-state index contributed by atoms with van der Waals surface area (Å²) in [5.41, 5.74) is 2.32. The van der Waals surface area contributed by atoms with Crippen LogP contribution in [0.4, 0.5) is 0 Å². The van der Waals surface area contributed by atoms with Crippen LogP contribution in [0.3, 0.4) is 0 Å². The summed E-state index contributed by atoms with van der Waals surface area (Å²) in [6.45, 7) is 4.32. The van der Waals surface area contributed by atoms with Crippen molar-refractivity contribution in [3.8, 4) is 11.4 Å². The van der Waals surface area contributed by atoms with Gasteiger partial charge in [-0.3, -0.25) is 4.79 Å². The highest BCUT2D eigenvalue weighted by molar-refractivity contribution is 5.95. The average Bonchev–Trinajstić information content (AvgIpc) is 2.68. The van der Waals surface area contributed by atoms with Crippen molar-refractivity contribution in [3.05, 3.63) is 47.8 Å². The number of hydrogen-bond donors (Lipinski definition) is 0. The maximum Gasteiger partial charge on any atom is 0.257 e. The van der Waals surface area contributed by atoms with Gasteiger partial charge in [-0.25, -0.2) is 9.97 Å². The van der Waals surface area contributed by atoms with E-state index >= 15 is 0 Å². The van der Waals surface area contributed by atoms with Gasteiger partial charge in [0.15, 0.2) is 5.82 Å². The lowest BCUT2D eigenvalue weighted by Gasteiger charge is -2.33. The lowest BCUT2D eigenvalue weighted by molar-refractivity contribution is 0.0659. The molecule has 2 aromatic rings. The van der Waals surface area contributed by atoms with Gasteiger partial charge in [-0.2, -0.15) is 0 Å². The van der Waals surface area contributed by atoms with E-state index in [1.54, 1.807) is 13.3 Å². The van der Waals surface area contributed by atoms with Crippen molar-refractivity contribution < 1.29 is 9.53 Å². The quantitative estimate of drug-likeness (QED) is 0.743. The molecule has 138 valence electrons. The summed E-state index contributed by atoms with van der Waals surface area (Å²) in [4.78, 5) is 23.9. The fraction of sp³-hybridized carbons (Fsp3) is 0.476. The van der Waals surface area contributed by atoms with E-state index in [1.807, 2.05) is 42.2 Å². The van der Waals surface area contributed by atoms with Gasteiger partial charge in [-0.1, -0.05) is 30.3 Å². The number of piperidine rings is 1. The average molecular weight is 353 g/mol. The minimum absolute atomic E-state index is 0.0542. The third-order valence-electron chi connectivity index (χ3n) is 5.01. The molecule has 3 rings (SSSR count). The van der Waals surface area contributed by atoms with Gasteiger partial charge in [0.25, 0.3) is 5.91 Å². The molecule has 5 heteroatoms. The smallest absolute Gasteiger partial charge is 0.257 e. The number of hydrogen-bond acceptors (Lipinski definition) is 4. The van der Waals surface area contributed by atoms with Crippen LogP contribution < -0.4 is 0 Å². The van der Waals surface area contributed by atoms with Crippen LogP contribution in [-0.2, 0) is 4.74 Å². The number of carbonyl (C=O) groups is 1. The van der Waals surface area contributed by atoms with E-state index in [1.165, 1.54) is 6.42 Å². The predicted octanol–water partition coefficient (Wildman–Crippen LogP) is 3.73. The third-order valence-corrected chi connectivity index (χ3v) is 5.01. The second kappa shape index (κ2) is 8.90. The Morgan fingerprint density at radius 2 is 2.12 bits per heavy atom. The second-order valence-electron chi connectivity index (χ2n) is 6.95. The van der Waals surface area contributed by atoms with E-state index in [0.717, 1.165) is 50.2 Å². The summed E-state index contributed by atoms with van der Waals surface area (Å²) in [5, 5.41) is 0. The number of nitrogens with zero attached hydrogens (tertiary/aromatic N) is 3. The van der Waals surface area contributed by atoms with Crippen LogP contribution >= 0.6 is 0 Å². The number of amides is 1. The molecule has 26 heavy (non-hydrogen) atoms. The zero-order chi connectivity index (χ0) is 18.4. The van der Waals surface area contributed by atoms with Crippen LogP contribution in [0.25, 0.3) is 11.4 Å². The van der Waals surface area contributed by atoms with Crippen LogP contribution in [0.15, 0.2) is 36.5 Å². The first kappa shape index (κ1) is 18.5. The molecule has 0 unspecified atom stereocenters. The van der Waals surface area contributed by atoms with Crippen LogP contribution in [-0.4, -0.2) is 47.6 Å². The monoisotopic (exact) mass is 353 g/mol. The molecule has 0 radical (unpaired) electrons. The van der Waals surface area contributed by atoms with Gasteiger partial charge in [0.1, 0.15) is 0 Å². The van der Waals surface area contributed by atoms with Crippen molar-refractivity contribution in [1.29, 1.82) is 0 Å². The van der Waals surface area contributed by atoms with Gasteiger partial charge < -0.3 is 9.64 Å². The molecule has 0 N–H and O–H groups in total. The van der Waals surface area contributed by atoms with Crippen molar-refractivity contribution in [1.82, 2.24) is 14.9 Å². The fourth-order valence-corrected chi connectivity index (χ4v) is 3.58. The van der Waals surface area contributed by atoms with Gasteiger partial charge >= 0.3 is 0 Å². The van der Waals surface area contributed by atoms with Crippen molar-refractivity contribution in [2.24, 2.45) is 5.92 Å². The highest BCUT2D eigenvalue weighted by Gasteiger charge is 2.25. The zero-order valence-corrected chi connectivity index (χ0v) is 15.6. The highest BCUT2D eigenvalue weighted by Crippen LogP contribution is 2.23. The first-order chi connectivity index (χ1) is 12.7. The Balaban J connectivity index is 1.69. The Morgan fingerprint density at radius 3 is 2.85 bits per heavy atom. The Labute approximate surface area is 155 Å². The lowest BCUT2D eigenvalue weighted by Crippen LogP contribution is -2.40. The second-order valence-corrected chi connectivity index (χ2v) is 6.95. The minimum atomic E-state index is 0.0542. The summed E-state index contributed by atoms with van der Waals surface area (Å²) in [6, 6.07) is 9.85. The molecular weight excluding hydrogens is 326 g/mol. The van der Waals surface area contributed by atoms with Gasteiger partial charge in [0.05, 0.1) is 11.3 Å². The van der Waals surface area contributed by atoms with E-state index in [-0.39, 0.29) is 5.91 Å². The van der Waals surface area contributed by atoms with Crippen LogP contribution in [0, 0.1) is 12.8 Å². The highest BCUT2D eigenvalue weighted by atomic mass is 16.5. The summed E-state index contributed by atoms with van der Waals surface area (Å²) in [7, 11) is 1.73. The van der Waals surface area contributed by atoms with Gasteiger partial charge in [-0.05, 0) is 38.5 Å². The summed E-state index contributed by atoms with van der Waals surface area (Å²) >= 11 is 0. The molecule has 0 aliphatic carbocycles. The van der Waals surface area contributed by atoms with Crippen molar-refractivity contribution in [2.45, 2.75) is 32.6 Å². The molecular formula is C21H27N3O2. The van der Waals surface area contributed by atoms with E-state index in [2.05, 4.69) is 9.97 Å². The molecule has 1 aromatic carbocycles. The topological polar surface area (TPSA) is 55.3 Å². The molecule has 1 aromatic heterocycles. The number of aromatic nitrogens is 2. The Morgan fingerprint density at radius 1 is 1.31 bits per heavy atom. The van der Waals surface area contributed by atoms with Crippen molar-refractivity contribution in [2.75, 3.05) is 26.8 Å². The Kier molecular flexibility index (Phi) is 6.34. The summed E-state index contributed by atoms with van der Waals surface area (Å²) < 4.78 is 5.14. The third kappa shape index (κ3) is 4.47. The molecule has 0 saturated carbocycles. The zero-order valence-electron chi connectivity index (χ0n) is 15.6. The number of benzene rings is 1. The number of aryl methyl sites for hydroxylation is 1. The van der Waals surface area contributed by atoms with Crippen LogP contribution in [0.2, 0.25) is 0 Å². The number of rotatable bonds is 6. The summed E-state index contributed by atoms with van der Waals surface area (Å²) in [5.74, 6) is 1.28. The number of methoxy groups -OCH3 is 1. The molecule has 1 amide bonds. The molecule has 0 bridgehead atoms. The normalized spacial score (nSPS) is 17.3. The molecule has 0 spiro atoms. The van der Waals surface area contributed by atoms with E-state index < -0.39 is 0 Å². The SMILES string of the molecule is COCCC[C@H]1CCCN(C(=O)c2cnc(-c3ccccc3)nc2C)C1. The number of carbonyl (C=O) groups excluding carboxylic acids is 1. The fourth-order valence-electron chi connectivity index (χ4n) is 3.58. The van der Waals surface area contributed by atoms with Crippen LogP contribution in [0.5, 0.6) is 0 Å². The maximum absolute atomic E-state index is 13.0. The predicted molar refractivity (Wildman–Crippen MR) is 102 cm³/mol. The van der Waals surface area contributed by atoms with E-state index in [9.17, 15) is 4.79 Å². The van der Waals surface area contributed by atoms with Gasteiger partial charge in [0, 0.05) is 38.6 Å². The summed E-state index contributed by atoms with van der Waals surface area (Å²) in [6.07, 6.45) is 6.10. The van der Waals surface area contributed by atoms with E-state index in [4.69, 9.17) is 4.74 Å². The number of likely N-dealkylation sites (tertiary alicyclic amines) is 1. The minimum Gasteiger partial charge on any atom is -0.385 e. The molecule has 1 fully saturated rings. The van der Waals surface area contributed by atoms with Gasteiger partial charge in [-0.15, -0.1) is 0 Å².